The summed E-state index contributed by atoms with van der Waals surface area (Å²) >= 11 is 0. The van der Waals surface area contributed by atoms with Gasteiger partial charge in [-0.05, 0) is 24.5 Å². The third-order valence-corrected chi connectivity index (χ3v) is 3.73. The van der Waals surface area contributed by atoms with Crippen LogP contribution in [0.15, 0.2) is 30.3 Å². The molecule has 17 heavy (non-hydrogen) atoms. The fourth-order valence-electron chi connectivity index (χ4n) is 2.14. The zero-order valence-corrected chi connectivity index (χ0v) is 10.8. The molecule has 1 N–H and O–H groups in total. The van der Waals surface area contributed by atoms with Crippen molar-refractivity contribution in [3.8, 4) is 0 Å². The Morgan fingerprint density at radius 1 is 1.35 bits per heavy atom. The zero-order valence-electron chi connectivity index (χ0n) is 9.96. The smallest absolute Gasteiger partial charge is 0.208 e. The molecule has 1 aliphatic heterocycles. The van der Waals surface area contributed by atoms with Crippen molar-refractivity contribution in [2.45, 2.75) is 6.42 Å². The van der Waals surface area contributed by atoms with Gasteiger partial charge in [-0.25, -0.2) is 13.1 Å². The number of hydrogen-bond acceptors (Lipinski definition) is 3. The van der Waals surface area contributed by atoms with Gasteiger partial charge in [-0.15, -0.1) is 0 Å². The molecule has 1 aromatic carbocycles. The lowest BCUT2D eigenvalue weighted by atomic mass is 10.1. The van der Waals surface area contributed by atoms with E-state index in [2.05, 4.69) is 21.8 Å². The first-order valence-electron chi connectivity index (χ1n) is 5.79. The molecule has 2 rings (SSSR count). The first-order chi connectivity index (χ1) is 8.04. The van der Waals surface area contributed by atoms with E-state index in [9.17, 15) is 8.42 Å². The van der Waals surface area contributed by atoms with Crippen molar-refractivity contribution < 1.29 is 8.42 Å². The Balaban J connectivity index is 1.88. The standard InChI is InChI=1S/C12H18N2O2S/c1-17(15,16)13-9-11-7-8-14(10-11)12-5-3-2-4-6-12/h2-6,11,13H,7-10H2,1H3. The summed E-state index contributed by atoms with van der Waals surface area (Å²) in [5.74, 6) is 0.407. The summed E-state index contributed by atoms with van der Waals surface area (Å²) in [6.07, 6.45) is 2.24. The van der Waals surface area contributed by atoms with Gasteiger partial charge in [0.1, 0.15) is 0 Å². The van der Waals surface area contributed by atoms with Crippen LogP contribution in [0.3, 0.4) is 0 Å². The van der Waals surface area contributed by atoms with Crippen LogP contribution in [0.2, 0.25) is 0 Å². The lowest BCUT2D eigenvalue weighted by Gasteiger charge is -2.18. The van der Waals surface area contributed by atoms with Crippen molar-refractivity contribution in [3.05, 3.63) is 30.3 Å². The van der Waals surface area contributed by atoms with E-state index < -0.39 is 10.0 Å². The van der Waals surface area contributed by atoms with Crippen molar-refractivity contribution in [2.24, 2.45) is 5.92 Å². The highest BCUT2D eigenvalue weighted by molar-refractivity contribution is 7.88. The first kappa shape index (κ1) is 12.4. The predicted octanol–water partition coefficient (Wildman–Crippen LogP) is 1.06. The Hall–Kier alpha value is -1.07. The molecule has 0 amide bonds. The van der Waals surface area contributed by atoms with Crippen molar-refractivity contribution in [1.29, 1.82) is 0 Å². The summed E-state index contributed by atoms with van der Waals surface area (Å²) in [5, 5.41) is 0. The molecule has 0 bridgehead atoms. The Kier molecular flexibility index (Phi) is 3.69. The fraction of sp³-hybridized carbons (Fsp3) is 0.500. The molecule has 5 heteroatoms. The molecular weight excluding hydrogens is 236 g/mol. The van der Waals surface area contributed by atoms with Gasteiger partial charge in [-0.2, -0.15) is 0 Å². The molecule has 1 atom stereocenters. The lowest BCUT2D eigenvalue weighted by molar-refractivity contribution is 0.545. The SMILES string of the molecule is CS(=O)(=O)NCC1CCN(c2ccccc2)C1. The molecule has 1 aromatic rings. The van der Waals surface area contributed by atoms with Crippen LogP contribution in [0.5, 0.6) is 0 Å². The molecule has 1 unspecified atom stereocenters. The predicted molar refractivity (Wildman–Crippen MR) is 69.6 cm³/mol. The van der Waals surface area contributed by atoms with Crippen molar-refractivity contribution in [3.63, 3.8) is 0 Å². The number of anilines is 1. The maximum atomic E-state index is 11.0. The second-order valence-electron chi connectivity index (χ2n) is 4.56. The molecule has 4 nitrogen and oxygen atoms in total. The first-order valence-corrected chi connectivity index (χ1v) is 7.68. The monoisotopic (exact) mass is 254 g/mol. The van der Waals surface area contributed by atoms with Crippen molar-refractivity contribution >= 4 is 15.7 Å². The van der Waals surface area contributed by atoms with Gasteiger partial charge in [0.25, 0.3) is 0 Å². The summed E-state index contributed by atoms with van der Waals surface area (Å²) < 4.78 is 24.6. The highest BCUT2D eigenvalue weighted by Gasteiger charge is 2.23. The third kappa shape index (κ3) is 3.71. The molecule has 1 saturated heterocycles. The second kappa shape index (κ2) is 5.06. The third-order valence-electron chi connectivity index (χ3n) is 3.04. The highest BCUT2D eigenvalue weighted by atomic mass is 32.2. The average Bonchev–Trinajstić information content (AvgIpc) is 2.75. The van der Waals surface area contributed by atoms with E-state index in [1.54, 1.807) is 0 Å². The lowest BCUT2D eigenvalue weighted by Crippen LogP contribution is -2.30. The Morgan fingerprint density at radius 2 is 2.06 bits per heavy atom. The second-order valence-corrected chi connectivity index (χ2v) is 6.39. The van der Waals surface area contributed by atoms with Crippen LogP contribution in [0.4, 0.5) is 5.69 Å². The van der Waals surface area contributed by atoms with Crippen LogP contribution in [0, 0.1) is 5.92 Å². The molecule has 0 aliphatic carbocycles. The van der Waals surface area contributed by atoms with Crippen molar-refractivity contribution in [2.75, 3.05) is 30.8 Å². The summed E-state index contributed by atoms with van der Waals surface area (Å²) in [5.41, 5.74) is 1.22. The van der Waals surface area contributed by atoms with Crippen molar-refractivity contribution in [1.82, 2.24) is 4.72 Å². The van der Waals surface area contributed by atoms with E-state index in [1.807, 2.05) is 18.2 Å². The van der Waals surface area contributed by atoms with E-state index in [1.165, 1.54) is 11.9 Å². The molecular formula is C12H18N2O2S. The number of nitrogens with one attached hydrogen (secondary N) is 1. The number of benzene rings is 1. The van der Waals surface area contributed by atoms with Gasteiger partial charge in [0.2, 0.25) is 10.0 Å². The topological polar surface area (TPSA) is 49.4 Å². The minimum Gasteiger partial charge on any atom is -0.371 e. The van der Waals surface area contributed by atoms with Gasteiger partial charge in [0.05, 0.1) is 6.26 Å². The van der Waals surface area contributed by atoms with Crippen LogP contribution in [0.25, 0.3) is 0 Å². The zero-order chi connectivity index (χ0) is 12.3. The van der Waals surface area contributed by atoms with Gasteiger partial charge in [0.15, 0.2) is 0 Å². The highest BCUT2D eigenvalue weighted by Crippen LogP contribution is 2.22. The number of hydrogen-bond donors (Lipinski definition) is 1. The molecule has 0 aromatic heterocycles. The molecule has 0 spiro atoms. The molecule has 1 heterocycles. The molecule has 1 aliphatic rings. The molecule has 0 saturated carbocycles. The number of rotatable bonds is 4. The van der Waals surface area contributed by atoms with Crippen LogP contribution in [0.1, 0.15) is 6.42 Å². The summed E-state index contributed by atoms with van der Waals surface area (Å²) in [6.45, 7) is 2.47. The van der Waals surface area contributed by atoms with E-state index in [-0.39, 0.29) is 0 Å². The minimum absolute atomic E-state index is 0.407. The van der Waals surface area contributed by atoms with Gasteiger partial charge >= 0.3 is 0 Å². The van der Waals surface area contributed by atoms with E-state index in [0.717, 1.165) is 19.5 Å². The van der Waals surface area contributed by atoms with Gasteiger partial charge in [-0.1, -0.05) is 18.2 Å². The van der Waals surface area contributed by atoms with E-state index in [0.29, 0.717) is 12.5 Å². The molecule has 94 valence electrons. The van der Waals surface area contributed by atoms with Gasteiger partial charge < -0.3 is 4.90 Å². The van der Waals surface area contributed by atoms with Crippen LogP contribution in [-0.2, 0) is 10.0 Å². The van der Waals surface area contributed by atoms with Gasteiger partial charge in [0, 0.05) is 25.3 Å². The molecule has 0 radical (unpaired) electrons. The quantitative estimate of drug-likeness (QED) is 0.874. The van der Waals surface area contributed by atoms with Crippen LogP contribution in [-0.4, -0.2) is 34.3 Å². The Morgan fingerprint density at radius 3 is 2.71 bits per heavy atom. The maximum Gasteiger partial charge on any atom is 0.208 e. The normalized spacial score (nSPS) is 20.8. The molecule has 1 fully saturated rings. The largest absolute Gasteiger partial charge is 0.371 e. The average molecular weight is 254 g/mol. The summed E-state index contributed by atoms with van der Waals surface area (Å²) in [6, 6.07) is 10.2. The fourth-order valence-corrected chi connectivity index (χ4v) is 2.68. The Labute approximate surface area is 103 Å². The number of para-hydroxylation sites is 1. The number of sulfonamides is 1. The maximum absolute atomic E-state index is 11.0. The van der Waals surface area contributed by atoms with Gasteiger partial charge in [-0.3, -0.25) is 0 Å². The van der Waals surface area contributed by atoms with E-state index >= 15 is 0 Å². The van der Waals surface area contributed by atoms with E-state index in [4.69, 9.17) is 0 Å². The number of nitrogens with zero attached hydrogens (tertiary/aromatic N) is 1. The van der Waals surface area contributed by atoms with Crippen LogP contribution >= 0.6 is 0 Å². The van der Waals surface area contributed by atoms with Crippen LogP contribution < -0.4 is 9.62 Å². The summed E-state index contributed by atoms with van der Waals surface area (Å²) in [4.78, 5) is 2.30. The summed E-state index contributed by atoms with van der Waals surface area (Å²) in [7, 11) is -3.06. The minimum atomic E-state index is -3.06. The Bertz CT molecular complexity index is 459.